The van der Waals surface area contributed by atoms with Gasteiger partial charge in [-0.1, -0.05) is 6.92 Å². The first-order valence-electron chi connectivity index (χ1n) is 6.24. The molecule has 2 atom stereocenters. The molecule has 4 nitrogen and oxygen atoms in total. The zero-order chi connectivity index (χ0) is 12.0. The molecule has 4 heteroatoms. The summed E-state index contributed by atoms with van der Waals surface area (Å²) in [5.74, 6) is -0.146. The van der Waals surface area contributed by atoms with Crippen molar-refractivity contribution < 1.29 is 9.53 Å². The molecular formula is C12H24N2O2. The van der Waals surface area contributed by atoms with Crippen LogP contribution in [-0.2, 0) is 9.53 Å². The number of rotatable bonds is 6. The highest BCUT2D eigenvalue weighted by molar-refractivity contribution is 5.75. The van der Waals surface area contributed by atoms with Gasteiger partial charge in [-0.05, 0) is 39.3 Å². The number of ether oxygens (including phenoxy) is 1. The summed E-state index contributed by atoms with van der Waals surface area (Å²) >= 11 is 0. The van der Waals surface area contributed by atoms with E-state index in [1.807, 2.05) is 0 Å². The Morgan fingerprint density at radius 1 is 1.62 bits per heavy atom. The summed E-state index contributed by atoms with van der Waals surface area (Å²) in [7, 11) is 1.45. The van der Waals surface area contributed by atoms with Gasteiger partial charge < -0.3 is 10.1 Å². The lowest BCUT2D eigenvalue weighted by Gasteiger charge is -2.26. The number of esters is 1. The fourth-order valence-electron chi connectivity index (χ4n) is 2.18. The van der Waals surface area contributed by atoms with Gasteiger partial charge in [0, 0.05) is 12.6 Å². The van der Waals surface area contributed by atoms with Crippen LogP contribution in [0.1, 0.15) is 33.1 Å². The molecule has 0 spiro atoms. The van der Waals surface area contributed by atoms with Gasteiger partial charge in [0.05, 0.1) is 7.11 Å². The van der Waals surface area contributed by atoms with Crippen LogP contribution in [0.25, 0.3) is 0 Å². The Balaban J connectivity index is 2.45. The summed E-state index contributed by atoms with van der Waals surface area (Å²) < 4.78 is 4.83. The first kappa shape index (κ1) is 13.5. The topological polar surface area (TPSA) is 41.6 Å². The van der Waals surface area contributed by atoms with Crippen LogP contribution >= 0.6 is 0 Å². The summed E-state index contributed by atoms with van der Waals surface area (Å²) in [6, 6.07) is 0.418. The van der Waals surface area contributed by atoms with Crippen LogP contribution in [-0.4, -0.2) is 49.7 Å². The third-order valence-corrected chi connectivity index (χ3v) is 3.23. The molecule has 0 aliphatic carbocycles. The second-order valence-electron chi connectivity index (χ2n) is 4.52. The molecule has 1 N–H and O–H groups in total. The van der Waals surface area contributed by atoms with Gasteiger partial charge >= 0.3 is 5.97 Å². The van der Waals surface area contributed by atoms with E-state index in [1.54, 1.807) is 0 Å². The van der Waals surface area contributed by atoms with Crippen molar-refractivity contribution in [1.29, 1.82) is 0 Å². The Kier molecular flexibility index (Phi) is 5.77. The molecule has 0 aromatic carbocycles. The number of methoxy groups -OCH3 is 1. The minimum absolute atomic E-state index is 0.146. The van der Waals surface area contributed by atoms with Crippen LogP contribution in [0.15, 0.2) is 0 Å². The molecule has 2 unspecified atom stereocenters. The first-order valence-corrected chi connectivity index (χ1v) is 6.24. The fraction of sp³-hybridized carbons (Fsp3) is 0.917. The number of nitrogens with zero attached hydrogens (tertiary/aromatic N) is 1. The highest BCUT2D eigenvalue weighted by Crippen LogP contribution is 2.16. The lowest BCUT2D eigenvalue weighted by molar-refractivity contribution is -0.143. The van der Waals surface area contributed by atoms with Crippen molar-refractivity contribution in [3.05, 3.63) is 0 Å². The average molecular weight is 228 g/mol. The Labute approximate surface area is 98.3 Å². The fourth-order valence-corrected chi connectivity index (χ4v) is 2.18. The lowest BCUT2D eigenvalue weighted by Crippen LogP contribution is -2.47. The van der Waals surface area contributed by atoms with E-state index in [0.717, 1.165) is 26.1 Å². The predicted octanol–water partition coefficient (Wildman–Crippen LogP) is 1.01. The standard InChI is InChI=1S/C12H24N2O2/c1-4-7-13-11(12(15)16-3)9-14-8-5-6-10(14)2/h10-11,13H,4-9H2,1-3H3. The zero-order valence-electron chi connectivity index (χ0n) is 10.7. The summed E-state index contributed by atoms with van der Waals surface area (Å²) in [6.07, 6.45) is 3.51. The molecule has 0 aromatic heterocycles. The summed E-state index contributed by atoms with van der Waals surface area (Å²) in [5, 5.41) is 3.25. The smallest absolute Gasteiger partial charge is 0.324 e. The lowest BCUT2D eigenvalue weighted by atomic mass is 10.2. The minimum atomic E-state index is -0.175. The summed E-state index contributed by atoms with van der Waals surface area (Å²) in [5.41, 5.74) is 0. The van der Waals surface area contributed by atoms with Crippen molar-refractivity contribution >= 4 is 5.97 Å². The van der Waals surface area contributed by atoms with E-state index in [2.05, 4.69) is 24.1 Å². The maximum absolute atomic E-state index is 11.6. The Morgan fingerprint density at radius 3 is 2.88 bits per heavy atom. The maximum atomic E-state index is 11.6. The van der Waals surface area contributed by atoms with Gasteiger partial charge in [0.15, 0.2) is 0 Å². The van der Waals surface area contributed by atoms with E-state index in [1.165, 1.54) is 20.0 Å². The largest absolute Gasteiger partial charge is 0.468 e. The van der Waals surface area contributed by atoms with Gasteiger partial charge in [-0.3, -0.25) is 9.69 Å². The molecule has 1 heterocycles. The molecule has 0 aromatic rings. The van der Waals surface area contributed by atoms with Crippen molar-refractivity contribution in [1.82, 2.24) is 10.2 Å². The quantitative estimate of drug-likeness (QED) is 0.689. The monoisotopic (exact) mass is 228 g/mol. The van der Waals surface area contributed by atoms with Gasteiger partial charge in [0.25, 0.3) is 0 Å². The maximum Gasteiger partial charge on any atom is 0.324 e. The van der Waals surface area contributed by atoms with Crippen LogP contribution in [0.5, 0.6) is 0 Å². The van der Waals surface area contributed by atoms with Crippen LogP contribution in [0.3, 0.4) is 0 Å². The van der Waals surface area contributed by atoms with Gasteiger partial charge in [0.1, 0.15) is 6.04 Å². The molecule has 0 amide bonds. The molecule has 1 fully saturated rings. The molecule has 1 aliphatic heterocycles. The van der Waals surface area contributed by atoms with Gasteiger partial charge in [-0.15, -0.1) is 0 Å². The second kappa shape index (κ2) is 6.86. The second-order valence-corrected chi connectivity index (χ2v) is 4.52. The molecule has 1 aliphatic rings. The summed E-state index contributed by atoms with van der Waals surface area (Å²) in [4.78, 5) is 14.0. The Bertz CT molecular complexity index is 221. The number of hydrogen-bond donors (Lipinski definition) is 1. The SMILES string of the molecule is CCCNC(CN1CCCC1C)C(=O)OC. The van der Waals surface area contributed by atoms with Gasteiger partial charge in [0.2, 0.25) is 0 Å². The highest BCUT2D eigenvalue weighted by atomic mass is 16.5. The zero-order valence-corrected chi connectivity index (χ0v) is 10.7. The summed E-state index contributed by atoms with van der Waals surface area (Å²) in [6.45, 7) is 7.05. The molecule has 94 valence electrons. The van der Waals surface area contributed by atoms with E-state index >= 15 is 0 Å². The molecule has 0 radical (unpaired) electrons. The molecule has 16 heavy (non-hydrogen) atoms. The van der Waals surface area contributed by atoms with Crippen molar-refractivity contribution in [2.45, 2.75) is 45.2 Å². The molecule has 1 rings (SSSR count). The highest BCUT2D eigenvalue weighted by Gasteiger charge is 2.27. The number of nitrogens with one attached hydrogen (secondary N) is 1. The van der Waals surface area contributed by atoms with E-state index in [0.29, 0.717) is 6.04 Å². The number of hydrogen-bond acceptors (Lipinski definition) is 4. The van der Waals surface area contributed by atoms with Crippen LogP contribution < -0.4 is 5.32 Å². The third kappa shape index (κ3) is 3.76. The van der Waals surface area contributed by atoms with E-state index in [-0.39, 0.29) is 12.0 Å². The van der Waals surface area contributed by atoms with Crippen LogP contribution in [0, 0.1) is 0 Å². The Hall–Kier alpha value is -0.610. The molecule has 0 saturated carbocycles. The van der Waals surface area contributed by atoms with Crippen molar-refractivity contribution in [2.24, 2.45) is 0 Å². The normalized spacial score (nSPS) is 23.3. The molecular weight excluding hydrogens is 204 g/mol. The van der Waals surface area contributed by atoms with E-state index in [4.69, 9.17) is 4.74 Å². The van der Waals surface area contributed by atoms with E-state index in [9.17, 15) is 4.79 Å². The van der Waals surface area contributed by atoms with Gasteiger partial charge in [-0.25, -0.2) is 0 Å². The number of carbonyl (C=O) groups is 1. The Morgan fingerprint density at radius 2 is 2.38 bits per heavy atom. The average Bonchev–Trinajstić information content (AvgIpc) is 2.69. The minimum Gasteiger partial charge on any atom is -0.468 e. The van der Waals surface area contributed by atoms with Crippen LogP contribution in [0.2, 0.25) is 0 Å². The van der Waals surface area contributed by atoms with E-state index < -0.39 is 0 Å². The number of carbonyl (C=O) groups excluding carboxylic acids is 1. The molecule has 0 bridgehead atoms. The van der Waals surface area contributed by atoms with Crippen molar-refractivity contribution in [2.75, 3.05) is 26.7 Å². The van der Waals surface area contributed by atoms with Crippen molar-refractivity contribution in [3.63, 3.8) is 0 Å². The van der Waals surface area contributed by atoms with Crippen molar-refractivity contribution in [3.8, 4) is 0 Å². The van der Waals surface area contributed by atoms with Gasteiger partial charge in [-0.2, -0.15) is 0 Å². The van der Waals surface area contributed by atoms with Crippen LogP contribution in [0.4, 0.5) is 0 Å². The number of likely N-dealkylation sites (tertiary alicyclic amines) is 1. The first-order chi connectivity index (χ1) is 7.69. The molecule has 1 saturated heterocycles. The third-order valence-electron chi connectivity index (χ3n) is 3.23. The predicted molar refractivity (Wildman–Crippen MR) is 64.4 cm³/mol.